The van der Waals surface area contributed by atoms with E-state index in [-0.39, 0.29) is 10.9 Å². The first kappa shape index (κ1) is 14.2. The maximum Gasteiger partial charge on any atom is 0.262 e. The maximum atomic E-state index is 12.6. The van der Waals surface area contributed by atoms with Gasteiger partial charge in [-0.15, -0.1) is 0 Å². The lowest BCUT2D eigenvalue weighted by Gasteiger charge is -2.29. The largest absolute Gasteiger partial charge is 0.340 e. The van der Waals surface area contributed by atoms with E-state index >= 15 is 0 Å². The van der Waals surface area contributed by atoms with E-state index in [0.29, 0.717) is 24.8 Å². The van der Waals surface area contributed by atoms with Crippen molar-refractivity contribution in [1.82, 2.24) is 24.0 Å². The zero-order valence-corrected chi connectivity index (χ0v) is 12.7. The Morgan fingerprint density at radius 1 is 1.43 bits per heavy atom. The summed E-state index contributed by atoms with van der Waals surface area (Å²) in [5.74, 6) is 1.04. The van der Waals surface area contributed by atoms with E-state index in [1.807, 2.05) is 0 Å². The molecule has 2 aromatic heterocycles. The first-order chi connectivity index (χ1) is 9.96. The van der Waals surface area contributed by atoms with Crippen LogP contribution in [0.2, 0.25) is 0 Å². The molecule has 1 atom stereocenters. The molecule has 0 unspecified atom stereocenters. The summed E-state index contributed by atoms with van der Waals surface area (Å²) in [5.41, 5.74) is 0. The Morgan fingerprint density at radius 3 is 2.86 bits per heavy atom. The molecule has 0 N–H and O–H groups in total. The van der Waals surface area contributed by atoms with Gasteiger partial charge in [-0.25, -0.2) is 13.4 Å². The molecule has 3 rings (SSSR count). The summed E-state index contributed by atoms with van der Waals surface area (Å²) in [6, 6.07) is 0. The molecule has 1 aliphatic heterocycles. The van der Waals surface area contributed by atoms with Crippen LogP contribution in [0.15, 0.2) is 22.1 Å². The van der Waals surface area contributed by atoms with E-state index in [0.717, 1.165) is 12.8 Å². The summed E-state index contributed by atoms with van der Waals surface area (Å²) in [6.45, 7) is 2.58. The van der Waals surface area contributed by atoms with Gasteiger partial charge in [0.1, 0.15) is 0 Å². The Bertz CT molecular complexity index is 736. The first-order valence-electron chi connectivity index (χ1n) is 6.75. The minimum Gasteiger partial charge on any atom is -0.340 e. The van der Waals surface area contributed by atoms with Gasteiger partial charge in [0.05, 0.1) is 6.33 Å². The molecule has 114 valence electrons. The molecule has 0 saturated carbocycles. The van der Waals surface area contributed by atoms with E-state index in [4.69, 9.17) is 4.52 Å². The average Bonchev–Trinajstić information content (AvgIpc) is 3.08. The van der Waals surface area contributed by atoms with E-state index in [1.54, 1.807) is 18.5 Å². The minimum atomic E-state index is -3.56. The molecule has 1 fully saturated rings. The van der Waals surface area contributed by atoms with E-state index in [2.05, 4.69) is 15.1 Å². The SMILES string of the molecule is Cc1nc([C@@H]2CCCN(S(=O)(=O)c3cn(C)cn3)C2)no1. The van der Waals surface area contributed by atoms with Crippen LogP contribution in [0.3, 0.4) is 0 Å². The van der Waals surface area contributed by atoms with Crippen molar-refractivity contribution in [3.63, 3.8) is 0 Å². The second kappa shape index (κ2) is 5.23. The third kappa shape index (κ3) is 2.70. The van der Waals surface area contributed by atoms with Crippen LogP contribution in [-0.2, 0) is 17.1 Å². The minimum absolute atomic E-state index is 0.0327. The van der Waals surface area contributed by atoms with Crippen molar-refractivity contribution in [2.75, 3.05) is 13.1 Å². The maximum absolute atomic E-state index is 12.6. The smallest absolute Gasteiger partial charge is 0.262 e. The van der Waals surface area contributed by atoms with Crippen molar-refractivity contribution in [3.05, 3.63) is 24.2 Å². The number of piperidine rings is 1. The lowest BCUT2D eigenvalue weighted by atomic mass is 9.99. The Morgan fingerprint density at radius 2 is 2.24 bits per heavy atom. The standard InChI is InChI=1S/C12H17N5O3S/c1-9-14-12(15-20-9)10-4-3-5-17(6-10)21(18,19)11-7-16(2)8-13-11/h7-8,10H,3-6H2,1-2H3/t10-/m1/s1. The molecule has 0 spiro atoms. The molecule has 0 amide bonds. The third-order valence-corrected chi connectivity index (χ3v) is 5.33. The first-order valence-corrected chi connectivity index (χ1v) is 8.19. The second-order valence-corrected chi connectivity index (χ2v) is 7.14. The van der Waals surface area contributed by atoms with Gasteiger partial charge in [0.15, 0.2) is 10.9 Å². The lowest BCUT2D eigenvalue weighted by molar-refractivity contribution is 0.300. The number of rotatable bonds is 3. The summed E-state index contributed by atoms with van der Waals surface area (Å²) >= 11 is 0. The van der Waals surface area contributed by atoms with Crippen LogP contribution < -0.4 is 0 Å². The molecular formula is C12H17N5O3S. The summed E-state index contributed by atoms with van der Waals surface area (Å²) < 4.78 is 33.2. The van der Waals surface area contributed by atoms with Crippen molar-refractivity contribution in [3.8, 4) is 0 Å². The molecule has 2 aromatic rings. The predicted octanol–water partition coefficient (Wildman–Crippen LogP) is 0.680. The molecular weight excluding hydrogens is 294 g/mol. The highest BCUT2D eigenvalue weighted by molar-refractivity contribution is 7.89. The summed E-state index contributed by atoms with van der Waals surface area (Å²) in [7, 11) is -1.82. The molecule has 3 heterocycles. The zero-order chi connectivity index (χ0) is 15.0. The molecule has 0 radical (unpaired) electrons. The molecule has 8 nitrogen and oxygen atoms in total. The molecule has 21 heavy (non-hydrogen) atoms. The Hall–Kier alpha value is -1.74. The number of hydrogen-bond donors (Lipinski definition) is 0. The van der Waals surface area contributed by atoms with Gasteiger partial charge >= 0.3 is 0 Å². The third-order valence-electron chi connectivity index (χ3n) is 3.58. The van der Waals surface area contributed by atoms with Gasteiger partial charge in [-0.3, -0.25) is 0 Å². The van der Waals surface area contributed by atoms with Crippen LogP contribution >= 0.6 is 0 Å². The zero-order valence-electron chi connectivity index (χ0n) is 11.9. The predicted molar refractivity (Wildman–Crippen MR) is 73.0 cm³/mol. The lowest BCUT2D eigenvalue weighted by Crippen LogP contribution is -2.39. The quantitative estimate of drug-likeness (QED) is 0.827. The average molecular weight is 311 g/mol. The summed E-state index contributed by atoms with van der Waals surface area (Å²) in [4.78, 5) is 8.16. The van der Waals surface area contributed by atoms with Crippen molar-refractivity contribution < 1.29 is 12.9 Å². The van der Waals surface area contributed by atoms with Crippen LogP contribution in [0.4, 0.5) is 0 Å². The van der Waals surface area contributed by atoms with Gasteiger partial charge in [0, 0.05) is 39.2 Å². The fraction of sp³-hybridized carbons (Fsp3) is 0.583. The number of sulfonamides is 1. The van der Waals surface area contributed by atoms with Crippen molar-refractivity contribution in [1.29, 1.82) is 0 Å². The Balaban J connectivity index is 1.83. The molecule has 0 bridgehead atoms. The van der Waals surface area contributed by atoms with Crippen LogP contribution in [-0.4, -0.2) is 45.5 Å². The Kier molecular flexibility index (Phi) is 3.54. The summed E-state index contributed by atoms with van der Waals surface area (Å²) in [5, 5.41) is 3.98. The van der Waals surface area contributed by atoms with Gasteiger partial charge in [0.2, 0.25) is 5.89 Å². The number of hydrogen-bond acceptors (Lipinski definition) is 6. The second-order valence-electron chi connectivity index (χ2n) is 5.25. The van der Waals surface area contributed by atoms with Gasteiger partial charge in [-0.05, 0) is 12.8 Å². The van der Waals surface area contributed by atoms with E-state index in [1.165, 1.54) is 16.8 Å². The Labute approximate surface area is 122 Å². The van der Waals surface area contributed by atoms with Crippen molar-refractivity contribution in [2.45, 2.75) is 30.7 Å². The van der Waals surface area contributed by atoms with Crippen LogP contribution in [0.25, 0.3) is 0 Å². The molecule has 0 aliphatic carbocycles. The fourth-order valence-electron chi connectivity index (χ4n) is 2.51. The normalized spacial score (nSPS) is 20.8. The van der Waals surface area contributed by atoms with Crippen molar-refractivity contribution >= 4 is 10.0 Å². The monoisotopic (exact) mass is 311 g/mol. The van der Waals surface area contributed by atoms with Crippen LogP contribution in [0, 0.1) is 6.92 Å². The van der Waals surface area contributed by atoms with Gasteiger partial charge in [-0.1, -0.05) is 5.16 Å². The highest BCUT2D eigenvalue weighted by atomic mass is 32.2. The summed E-state index contributed by atoms with van der Waals surface area (Å²) in [6.07, 6.45) is 4.62. The molecule has 9 heteroatoms. The van der Waals surface area contributed by atoms with Crippen molar-refractivity contribution in [2.24, 2.45) is 7.05 Å². The highest BCUT2D eigenvalue weighted by Crippen LogP contribution is 2.28. The van der Waals surface area contributed by atoms with E-state index < -0.39 is 10.0 Å². The topological polar surface area (TPSA) is 94.1 Å². The molecule has 1 saturated heterocycles. The highest BCUT2D eigenvalue weighted by Gasteiger charge is 2.33. The van der Waals surface area contributed by atoms with Gasteiger partial charge < -0.3 is 9.09 Å². The van der Waals surface area contributed by atoms with Crippen LogP contribution in [0.5, 0.6) is 0 Å². The number of nitrogens with zero attached hydrogens (tertiary/aromatic N) is 5. The van der Waals surface area contributed by atoms with Gasteiger partial charge in [0.25, 0.3) is 10.0 Å². The molecule has 1 aliphatic rings. The number of aromatic nitrogens is 4. The van der Waals surface area contributed by atoms with Crippen LogP contribution in [0.1, 0.15) is 30.5 Å². The fourth-order valence-corrected chi connectivity index (χ4v) is 4.00. The number of imidazole rings is 1. The number of aryl methyl sites for hydroxylation is 2. The van der Waals surface area contributed by atoms with E-state index in [9.17, 15) is 8.42 Å². The van der Waals surface area contributed by atoms with Gasteiger partial charge in [-0.2, -0.15) is 9.29 Å². The molecule has 0 aromatic carbocycles.